The predicted molar refractivity (Wildman–Crippen MR) is 93.3 cm³/mol. The third-order valence-corrected chi connectivity index (χ3v) is 3.67. The van der Waals surface area contributed by atoms with Gasteiger partial charge in [0.25, 0.3) is 5.56 Å². The van der Waals surface area contributed by atoms with Gasteiger partial charge in [-0.15, -0.1) is 0 Å². The first-order chi connectivity index (χ1) is 11.2. The van der Waals surface area contributed by atoms with Crippen LogP contribution >= 0.6 is 0 Å². The molecule has 23 heavy (non-hydrogen) atoms. The van der Waals surface area contributed by atoms with E-state index in [0.29, 0.717) is 11.9 Å². The molecule has 0 amide bonds. The smallest absolute Gasteiger partial charge is 0.274 e. The summed E-state index contributed by atoms with van der Waals surface area (Å²) in [4.78, 5) is 12.3. The van der Waals surface area contributed by atoms with Crippen molar-refractivity contribution in [3.05, 3.63) is 70.1 Å². The van der Waals surface area contributed by atoms with Crippen molar-refractivity contribution in [2.75, 3.05) is 0 Å². The number of aromatic nitrogens is 2. The second-order valence-electron chi connectivity index (χ2n) is 5.44. The van der Waals surface area contributed by atoms with Gasteiger partial charge in [-0.05, 0) is 41.8 Å². The normalized spacial score (nSPS) is 11.3. The lowest BCUT2D eigenvalue weighted by atomic mass is 10.1. The van der Waals surface area contributed by atoms with Gasteiger partial charge in [-0.25, -0.2) is 4.68 Å². The number of fused-ring (bicyclic) bond motifs is 1. The van der Waals surface area contributed by atoms with Crippen LogP contribution in [0.1, 0.15) is 24.5 Å². The van der Waals surface area contributed by atoms with Crippen LogP contribution < -0.4 is 5.56 Å². The monoisotopic (exact) mass is 306 g/mol. The van der Waals surface area contributed by atoms with Crippen LogP contribution in [0, 0.1) is 0 Å². The van der Waals surface area contributed by atoms with Gasteiger partial charge < -0.3 is 5.11 Å². The first kappa shape index (κ1) is 15.0. The molecule has 1 aromatic heterocycles. The predicted octanol–water partition coefficient (Wildman–Crippen LogP) is 3.68. The van der Waals surface area contributed by atoms with Crippen molar-refractivity contribution in [2.24, 2.45) is 0 Å². The molecular weight excluding hydrogens is 288 g/mol. The standard InChI is InChI=1S/C19H18N2O2/c1-2-11-21-19(23)18-10-7-15(12-16(18)13-20-21)4-3-14-5-8-17(22)9-6-14/h3-10,12-13,22H,2,11H2,1H3/b4-3+. The Morgan fingerprint density at radius 3 is 2.52 bits per heavy atom. The summed E-state index contributed by atoms with van der Waals surface area (Å²) in [7, 11) is 0. The Morgan fingerprint density at radius 2 is 1.78 bits per heavy atom. The Labute approximate surface area is 134 Å². The zero-order valence-corrected chi connectivity index (χ0v) is 12.9. The first-order valence-electron chi connectivity index (χ1n) is 7.64. The molecule has 0 fully saturated rings. The highest BCUT2D eigenvalue weighted by Gasteiger charge is 2.03. The molecule has 0 saturated carbocycles. The van der Waals surface area contributed by atoms with E-state index < -0.39 is 0 Å². The van der Waals surface area contributed by atoms with Crippen molar-refractivity contribution in [1.82, 2.24) is 9.78 Å². The molecule has 3 rings (SSSR count). The van der Waals surface area contributed by atoms with Gasteiger partial charge in [0.1, 0.15) is 5.75 Å². The van der Waals surface area contributed by atoms with Gasteiger partial charge in [0, 0.05) is 11.9 Å². The van der Waals surface area contributed by atoms with Gasteiger partial charge in [0.05, 0.1) is 11.6 Å². The van der Waals surface area contributed by atoms with Crippen molar-refractivity contribution in [2.45, 2.75) is 19.9 Å². The summed E-state index contributed by atoms with van der Waals surface area (Å²) in [6.45, 7) is 2.66. The van der Waals surface area contributed by atoms with E-state index in [-0.39, 0.29) is 11.3 Å². The number of hydrogen-bond donors (Lipinski definition) is 1. The molecule has 116 valence electrons. The van der Waals surface area contributed by atoms with E-state index in [9.17, 15) is 9.90 Å². The van der Waals surface area contributed by atoms with Crippen LogP contribution in [-0.4, -0.2) is 14.9 Å². The second-order valence-corrected chi connectivity index (χ2v) is 5.44. The van der Waals surface area contributed by atoms with E-state index in [4.69, 9.17) is 0 Å². The van der Waals surface area contributed by atoms with Gasteiger partial charge >= 0.3 is 0 Å². The van der Waals surface area contributed by atoms with Gasteiger partial charge in [-0.3, -0.25) is 4.79 Å². The van der Waals surface area contributed by atoms with Crippen LogP contribution in [0.5, 0.6) is 5.75 Å². The molecular formula is C19H18N2O2. The maximum Gasteiger partial charge on any atom is 0.274 e. The molecule has 0 radical (unpaired) electrons. The fourth-order valence-electron chi connectivity index (χ4n) is 2.46. The zero-order chi connectivity index (χ0) is 16.2. The molecule has 1 heterocycles. The van der Waals surface area contributed by atoms with Crippen LogP contribution in [0.3, 0.4) is 0 Å². The number of phenols is 1. The zero-order valence-electron chi connectivity index (χ0n) is 12.9. The van der Waals surface area contributed by atoms with E-state index in [0.717, 1.165) is 22.9 Å². The Balaban J connectivity index is 1.92. The summed E-state index contributed by atoms with van der Waals surface area (Å²) in [5.74, 6) is 0.252. The molecule has 1 N–H and O–H groups in total. The highest BCUT2D eigenvalue weighted by molar-refractivity contribution is 5.84. The Morgan fingerprint density at radius 1 is 1.09 bits per heavy atom. The molecule has 0 aliphatic carbocycles. The number of rotatable bonds is 4. The fourth-order valence-corrected chi connectivity index (χ4v) is 2.46. The van der Waals surface area contributed by atoms with Gasteiger partial charge in [0.15, 0.2) is 0 Å². The minimum Gasteiger partial charge on any atom is -0.508 e. The SMILES string of the molecule is CCCn1ncc2cc(/C=C/c3ccc(O)cc3)ccc2c1=O. The summed E-state index contributed by atoms with van der Waals surface area (Å²) in [5.41, 5.74) is 1.96. The lowest BCUT2D eigenvalue weighted by Crippen LogP contribution is -2.22. The maximum atomic E-state index is 12.3. The van der Waals surface area contributed by atoms with Crippen molar-refractivity contribution in [3.63, 3.8) is 0 Å². The fraction of sp³-hybridized carbons (Fsp3) is 0.158. The lowest BCUT2D eigenvalue weighted by molar-refractivity contribution is 0.475. The quantitative estimate of drug-likeness (QED) is 0.748. The van der Waals surface area contributed by atoms with Crippen molar-refractivity contribution < 1.29 is 5.11 Å². The molecule has 0 aliphatic heterocycles. The number of hydrogen-bond acceptors (Lipinski definition) is 3. The van der Waals surface area contributed by atoms with E-state index in [1.807, 2.05) is 49.4 Å². The minimum absolute atomic E-state index is 0.0431. The van der Waals surface area contributed by atoms with Crippen molar-refractivity contribution in [3.8, 4) is 5.75 Å². The largest absolute Gasteiger partial charge is 0.508 e. The Kier molecular flexibility index (Phi) is 4.24. The first-order valence-corrected chi connectivity index (χ1v) is 7.64. The Hall–Kier alpha value is -2.88. The third kappa shape index (κ3) is 3.31. The number of aryl methyl sites for hydroxylation is 1. The van der Waals surface area contributed by atoms with Crippen LogP contribution in [-0.2, 0) is 6.54 Å². The highest BCUT2D eigenvalue weighted by Crippen LogP contribution is 2.16. The summed E-state index contributed by atoms with van der Waals surface area (Å²) in [5, 5.41) is 15.0. The topological polar surface area (TPSA) is 55.1 Å². The summed E-state index contributed by atoms with van der Waals surface area (Å²) in [6.07, 6.45) is 6.56. The van der Waals surface area contributed by atoms with Crippen molar-refractivity contribution >= 4 is 22.9 Å². The lowest BCUT2D eigenvalue weighted by Gasteiger charge is -2.04. The van der Waals surface area contributed by atoms with Gasteiger partial charge in [-0.1, -0.05) is 37.3 Å². The van der Waals surface area contributed by atoms with E-state index in [1.165, 1.54) is 4.68 Å². The van der Waals surface area contributed by atoms with Gasteiger partial charge in [0.2, 0.25) is 0 Å². The van der Waals surface area contributed by atoms with Crippen LogP contribution in [0.15, 0.2) is 53.5 Å². The molecule has 0 atom stereocenters. The number of benzene rings is 2. The van der Waals surface area contributed by atoms with Gasteiger partial charge in [-0.2, -0.15) is 5.10 Å². The van der Waals surface area contributed by atoms with Crippen LogP contribution in [0.25, 0.3) is 22.9 Å². The molecule has 4 heteroatoms. The molecule has 2 aromatic carbocycles. The summed E-state index contributed by atoms with van der Waals surface area (Å²) < 4.78 is 1.51. The van der Waals surface area contributed by atoms with E-state index in [2.05, 4.69) is 5.10 Å². The molecule has 4 nitrogen and oxygen atoms in total. The average Bonchev–Trinajstić information content (AvgIpc) is 2.57. The molecule has 0 bridgehead atoms. The molecule has 0 saturated heterocycles. The number of nitrogens with zero attached hydrogens (tertiary/aromatic N) is 2. The Bertz CT molecular complexity index is 909. The van der Waals surface area contributed by atoms with Crippen LogP contribution in [0.2, 0.25) is 0 Å². The molecule has 0 unspecified atom stereocenters. The molecule has 3 aromatic rings. The second kappa shape index (κ2) is 6.48. The minimum atomic E-state index is -0.0431. The van der Waals surface area contributed by atoms with Crippen LogP contribution in [0.4, 0.5) is 0 Å². The molecule has 0 aliphatic rings. The maximum absolute atomic E-state index is 12.3. The average molecular weight is 306 g/mol. The van der Waals surface area contributed by atoms with E-state index in [1.54, 1.807) is 18.3 Å². The highest BCUT2D eigenvalue weighted by atomic mass is 16.3. The van der Waals surface area contributed by atoms with E-state index >= 15 is 0 Å². The number of aromatic hydroxyl groups is 1. The molecule has 0 spiro atoms. The third-order valence-electron chi connectivity index (χ3n) is 3.67. The summed E-state index contributed by atoms with van der Waals surface area (Å²) >= 11 is 0. The summed E-state index contributed by atoms with van der Waals surface area (Å²) in [6, 6.07) is 12.7. The van der Waals surface area contributed by atoms with Crippen molar-refractivity contribution in [1.29, 1.82) is 0 Å². The number of phenolic OH excluding ortho intramolecular Hbond substituents is 1.